The number of nitrogens with zero attached hydrogens (tertiary/aromatic N) is 1. The fourth-order valence-electron chi connectivity index (χ4n) is 0.986. The summed E-state index contributed by atoms with van der Waals surface area (Å²) in [6, 6.07) is 4.15. The van der Waals surface area contributed by atoms with Crippen molar-refractivity contribution in [3.05, 3.63) is 33.9 Å². The number of anilines is 1. The third-order valence-electron chi connectivity index (χ3n) is 1.62. The molecule has 0 unspecified atom stereocenters. The van der Waals surface area contributed by atoms with Crippen molar-refractivity contribution in [1.82, 2.24) is 0 Å². The van der Waals surface area contributed by atoms with E-state index in [4.69, 9.17) is 0 Å². The molecular formula is C8H8N2O3. The van der Waals surface area contributed by atoms with Crippen molar-refractivity contribution in [2.45, 2.75) is 0 Å². The van der Waals surface area contributed by atoms with E-state index >= 15 is 0 Å². The van der Waals surface area contributed by atoms with Gasteiger partial charge in [0.1, 0.15) is 12.0 Å². The van der Waals surface area contributed by atoms with E-state index < -0.39 is 4.92 Å². The maximum absolute atomic E-state index is 10.5. The van der Waals surface area contributed by atoms with E-state index in [1.165, 1.54) is 18.2 Å². The Morgan fingerprint density at radius 2 is 2.23 bits per heavy atom. The second-order valence-corrected chi connectivity index (χ2v) is 2.40. The van der Waals surface area contributed by atoms with Gasteiger partial charge < -0.3 is 5.32 Å². The van der Waals surface area contributed by atoms with Crippen LogP contribution in [0.3, 0.4) is 0 Å². The molecule has 1 aromatic carbocycles. The number of carbonyl (C=O) groups excluding carboxylic acids is 1. The summed E-state index contributed by atoms with van der Waals surface area (Å²) >= 11 is 0. The highest BCUT2D eigenvalue weighted by Gasteiger charge is 2.11. The molecule has 0 atom stereocenters. The zero-order valence-electron chi connectivity index (χ0n) is 6.98. The first-order valence-electron chi connectivity index (χ1n) is 3.60. The summed E-state index contributed by atoms with van der Waals surface area (Å²) in [6.07, 6.45) is 0.643. The minimum atomic E-state index is -0.500. The van der Waals surface area contributed by atoms with E-state index in [0.717, 1.165) is 0 Å². The molecule has 1 rings (SSSR count). The molecule has 68 valence electrons. The van der Waals surface area contributed by atoms with Gasteiger partial charge in [0.05, 0.1) is 4.92 Å². The Morgan fingerprint density at radius 1 is 1.54 bits per heavy atom. The Morgan fingerprint density at radius 3 is 2.69 bits per heavy atom. The van der Waals surface area contributed by atoms with Crippen LogP contribution in [-0.4, -0.2) is 18.3 Å². The summed E-state index contributed by atoms with van der Waals surface area (Å²) in [5.74, 6) is 0. The molecule has 0 aliphatic heterocycles. The zero-order chi connectivity index (χ0) is 9.84. The molecule has 0 fully saturated rings. The fraction of sp³-hybridized carbons (Fsp3) is 0.125. The second kappa shape index (κ2) is 3.66. The minimum absolute atomic E-state index is 0.0342. The molecule has 0 aromatic heterocycles. The number of hydrogen-bond donors (Lipinski definition) is 1. The third kappa shape index (κ3) is 1.81. The molecule has 0 amide bonds. The average molecular weight is 180 g/mol. The predicted molar refractivity (Wildman–Crippen MR) is 48.0 cm³/mol. The van der Waals surface area contributed by atoms with Crippen LogP contribution in [0.25, 0.3) is 0 Å². The van der Waals surface area contributed by atoms with Crippen LogP contribution in [0.5, 0.6) is 0 Å². The topological polar surface area (TPSA) is 72.2 Å². The lowest BCUT2D eigenvalue weighted by Gasteiger charge is -2.01. The van der Waals surface area contributed by atoms with Crippen molar-refractivity contribution in [2.24, 2.45) is 0 Å². The first kappa shape index (κ1) is 9.18. The van der Waals surface area contributed by atoms with E-state index in [-0.39, 0.29) is 5.69 Å². The van der Waals surface area contributed by atoms with Gasteiger partial charge in [-0.1, -0.05) is 0 Å². The van der Waals surface area contributed by atoms with Crippen molar-refractivity contribution in [3.8, 4) is 0 Å². The van der Waals surface area contributed by atoms with Crippen molar-refractivity contribution in [3.63, 3.8) is 0 Å². The molecule has 0 aliphatic carbocycles. The highest BCUT2D eigenvalue weighted by atomic mass is 16.6. The number of nitrogens with one attached hydrogen (secondary N) is 1. The van der Waals surface area contributed by atoms with Crippen molar-refractivity contribution < 1.29 is 9.72 Å². The summed E-state index contributed by atoms with van der Waals surface area (Å²) in [4.78, 5) is 20.3. The zero-order valence-corrected chi connectivity index (χ0v) is 6.98. The molecule has 5 nitrogen and oxygen atoms in total. The highest BCUT2D eigenvalue weighted by Crippen LogP contribution is 2.23. The molecule has 5 heteroatoms. The van der Waals surface area contributed by atoms with Crippen LogP contribution in [0.1, 0.15) is 10.4 Å². The van der Waals surface area contributed by atoms with Gasteiger partial charge in [-0.15, -0.1) is 0 Å². The lowest BCUT2D eigenvalue weighted by molar-refractivity contribution is -0.383. The van der Waals surface area contributed by atoms with Crippen LogP contribution >= 0.6 is 0 Å². The van der Waals surface area contributed by atoms with E-state index in [1.54, 1.807) is 7.05 Å². The Bertz CT molecular complexity index is 349. The standard InChI is InChI=1S/C8H8N2O3/c1-9-7-4-6(5-11)2-3-8(7)10(12)13/h2-5,9H,1H3. The highest BCUT2D eigenvalue weighted by molar-refractivity contribution is 5.79. The largest absolute Gasteiger partial charge is 0.383 e. The smallest absolute Gasteiger partial charge is 0.292 e. The van der Waals surface area contributed by atoms with Gasteiger partial charge in [-0.3, -0.25) is 14.9 Å². The Labute approximate surface area is 74.5 Å². The monoisotopic (exact) mass is 180 g/mol. The molecule has 1 aromatic rings. The number of hydrogen-bond acceptors (Lipinski definition) is 4. The number of carbonyl (C=O) groups is 1. The molecule has 1 N–H and O–H groups in total. The molecule has 0 radical (unpaired) electrons. The van der Waals surface area contributed by atoms with Crippen LogP contribution in [-0.2, 0) is 0 Å². The van der Waals surface area contributed by atoms with Gasteiger partial charge in [-0.05, 0) is 12.1 Å². The predicted octanol–water partition coefficient (Wildman–Crippen LogP) is 1.45. The minimum Gasteiger partial charge on any atom is -0.383 e. The summed E-state index contributed by atoms with van der Waals surface area (Å²) in [6.45, 7) is 0. The number of rotatable bonds is 3. The summed E-state index contributed by atoms with van der Waals surface area (Å²) < 4.78 is 0. The lowest BCUT2D eigenvalue weighted by atomic mass is 10.2. The van der Waals surface area contributed by atoms with Crippen LogP contribution in [0.2, 0.25) is 0 Å². The van der Waals surface area contributed by atoms with Crippen molar-refractivity contribution >= 4 is 17.7 Å². The van der Waals surface area contributed by atoms with Crippen molar-refractivity contribution in [1.29, 1.82) is 0 Å². The first-order valence-corrected chi connectivity index (χ1v) is 3.60. The van der Waals surface area contributed by atoms with E-state index in [2.05, 4.69) is 5.32 Å². The van der Waals surface area contributed by atoms with E-state index in [9.17, 15) is 14.9 Å². The Balaban J connectivity index is 3.23. The van der Waals surface area contributed by atoms with Gasteiger partial charge in [0, 0.05) is 18.7 Å². The van der Waals surface area contributed by atoms with Gasteiger partial charge in [0.15, 0.2) is 0 Å². The van der Waals surface area contributed by atoms with Crippen LogP contribution < -0.4 is 5.32 Å². The third-order valence-corrected chi connectivity index (χ3v) is 1.62. The second-order valence-electron chi connectivity index (χ2n) is 2.40. The molecule has 0 spiro atoms. The molecule has 0 bridgehead atoms. The quantitative estimate of drug-likeness (QED) is 0.434. The number of nitro groups is 1. The fourth-order valence-corrected chi connectivity index (χ4v) is 0.986. The molecule has 0 saturated carbocycles. The van der Waals surface area contributed by atoms with Crippen LogP contribution in [0, 0.1) is 10.1 Å². The summed E-state index contributed by atoms with van der Waals surface area (Å²) in [5, 5.41) is 13.1. The van der Waals surface area contributed by atoms with E-state index in [0.29, 0.717) is 17.5 Å². The normalized spacial score (nSPS) is 9.31. The molecule has 13 heavy (non-hydrogen) atoms. The molecule has 0 heterocycles. The summed E-state index contributed by atoms with van der Waals surface area (Å²) in [5.41, 5.74) is 0.720. The van der Waals surface area contributed by atoms with Crippen LogP contribution in [0.15, 0.2) is 18.2 Å². The average Bonchev–Trinajstić information content (AvgIpc) is 2.16. The van der Waals surface area contributed by atoms with Crippen molar-refractivity contribution in [2.75, 3.05) is 12.4 Å². The maximum atomic E-state index is 10.5. The summed E-state index contributed by atoms with van der Waals surface area (Å²) in [7, 11) is 1.57. The SMILES string of the molecule is CNc1cc(C=O)ccc1[N+](=O)[O-]. The lowest BCUT2D eigenvalue weighted by Crippen LogP contribution is -1.97. The number of nitro benzene ring substituents is 1. The number of aldehydes is 1. The molecule has 0 aliphatic rings. The van der Waals surface area contributed by atoms with E-state index in [1.807, 2.05) is 0 Å². The van der Waals surface area contributed by atoms with Gasteiger partial charge in [0.25, 0.3) is 5.69 Å². The van der Waals surface area contributed by atoms with Gasteiger partial charge in [-0.2, -0.15) is 0 Å². The molecular weight excluding hydrogens is 172 g/mol. The van der Waals surface area contributed by atoms with Crippen LogP contribution in [0.4, 0.5) is 11.4 Å². The maximum Gasteiger partial charge on any atom is 0.292 e. The van der Waals surface area contributed by atoms with Gasteiger partial charge in [0.2, 0.25) is 0 Å². The number of benzene rings is 1. The van der Waals surface area contributed by atoms with Gasteiger partial charge in [-0.25, -0.2) is 0 Å². The van der Waals surface area contributed by atoms with Gasteiger partial charge >= 0.3 is 0 Å². The Kier molecular flexibility index (Phi) is 2.59. The first-order chi connectivity index (χ1) is 6.19. The molecule has 0 saturated heterocycles. The Hall–Kier alpha value is -1.91.